The van der Waals surface area contributed by atoms with Crippen molar-refractivity contribution in [3.63, 3.8) is 0 Å². The average Bonchev–Trinajstić information content (AvgIpc) is 2.69. The van der Waals surface area contributed by atoms with Crippen LogP contribution in [0.5, 0.6) is 0 Å². The van der Waals surface area contributed by atoms with Crippen LogP contribution in [0.1, 0.15) is 40.9 Å². The molecule has 6 nitrogen and oxygen atoms in total. The second kappa shape index (κ2) is 7.25. The van der Waals surface area contributed by atoms with Gasteiger partial charge in [-0.15, -0.1) is 0 Å². The van der Waals surface area contributed by atoms with E-state index in [-0.39, 0.29) is 5.56 Å². The summed E-state index contributed by atoms with van der Waals surface area (Å²) in [6, 6.07) is 6.14. The van der Waals surface area contributed by atoms with Gasteiger partial charge >= 0.3 is 0 Å². The van der Waals surface area contributed by atoms with Crippen molar-refractivity contribution in [2.45, 2.75) is 44.4 Å². The van der Waals surface area contributed by atoms with Gasteiger partial charge in [-0.1, -0.05) is 0 Å². The molecule has 2 aromatic heterocycles. The highest BCUT2D eigenvalue weighted by Crippen LogP contribution is 2.31. The summed E-state index contributed by atoms with van der Waals surface area (Å²) in [7, 11) is 0. The number of nitrogens with zero attached hydrogens (tertiary/aromatic N) is 5. The highest BCUT2D eigenvalue weighted by Gasteiger charge is 2.31. The maximum absolute atomic E-state index is 12.4. The van der Waals surface area contributed by atoms with Gasteiger partial charge in [-0.2, -0.15) is 22.1 Å². The monoisotopic (exact) mass is 393 g/mol. The molecule has 28 heavy (non-hydrogen) atoms. The van der Waals surface area contributed by atoms with Gasteiger partial charge in [0.25, 0.3) is 5.56 Å². The fourth-order valence-electron chi connectivity index (χ4n) is 4.43. The highest BCUT2D eigenvalue weighted by molar-refractivity contribution is 7.98. The van der Waals surface area contributed by atoms with Crippen molar-refractivity contribution in [1.82, 2.24) is 14.8 Å². The average molecular weight is 394 g/mol. The van der Waals surface area contributed by atoms with E-state index in [1.165, 1.54) is 18.4 Å². The molecular weight excluding hydrogens is 370 g/mol. The molecule has 5 rings (SSSR count). The molecule has 4 heterocycles. The Bertz CT molecular complexity index is 1020. The number of fused-ring (bicyclic) bond motifs is 2. The van der Waals surface area contributed by atoms with Crippen LogP contribution in [0, 0.1) is 17.2 Å². The summed E-state index contributed by atoms with van der Waals surface area (Å²) < 4.78 is 1.64. The molecule has 0 saturated carbocycles. The van der Waals surface area contributed by atoms with Gasteiger partial charge in [-0.3, -0.25) is 4.79 Å². The van der Waals surface area contributed by atoms with Crippen molar-refractivity contribution in [2.24, 2.45) is 5.92 Å². The van der Waals surface area contributed by atoms with E-state index >= 15 is 0 Å². The Morgan fingerprint density at radius 2 is 2.00 bits per heavy atom. The van der Waals surface area contributed by atoms with Crippen molar-refractivity contribution in [1.29, 1.82) is 5.26 Å². The molecule has 0 bridgehead atoms. The lowest BCUT2D eigenvalue weighted by molar-refractivity contribution is 0.330. The minimum atomic E-state index is 0.00400. The van der Waals surface area contributed by atoms with Crippen molar-refractivity contribution in [3.8, 4) is 6.07 Å². The van der Waals surface area contributed by atoms with Crippen LogP contribution in [0.3, 0.4) is 0 Å². The molecule has 0 atom stereocenters. The van der Waals surface area contributed by atoms with Crippen LogP contribution in [-0.2, 0) is 31.6 Å². The summed E-state index contributed by atoms with van der Waals surface area (Å²) in [4.78, 5) is 19.4. The largest absolute Gasteiger partial charge is 0.355 e. The second-order valence-corrected chi connectivity index (χ2v) is 9.10. The van der Waals surface area contributed by atoms with Gasteiger partial charge in [0.2, 0.25) is 0 Å². The zero-order valence-electron chi connectivity index (χ0n) is 15.9. The van der Waals surface area contributed by atoms with Crippen molar-refractivity contribution < 1.29 is 0 Å². The SMILES string of the molecule is N#Cc1cc2c(nc1N1CC(Cn3nc4c(cc3=O)CSCC4)C1)CCCC2. The Balaban J connectivity index is 1.31. The summed E-state index contributed by atoms with van der Waals surface area (Å²) in [5.41, 5.74) is 5.27. The van der Waals surface area contributed by atoms with Crippen LogP contribution in [-0.4, -0.2) is 33.6 Å². The van der Waals surface area contributed by atoms with Crippen LogP contribution < -0.4 is 10.5 Å². The number of hydrogen-bond acceptors (Lipinski definition) is 6. The molecule has 0 radical (unpaired) electrons. The maximum atomic E-state index is 12.4. The number of rotatable bonds is 3. The predicted octanol–water partition coefficient (Wildman–Crippen LogP) is 2.31. The number of anilines is 1. The first kappa shape index (κ1) is 17.7. The fourth-order valence-corrected chi connectivity index (χ4v) is 5.38. The van der Waals surface area contributed by atoms with Crippen molar-refractivity contribution >= 4 is 17.6 Å². The lowest BCUT2D eigenvalue weighted by Crippen LogP contribution is -2.50. The zero-order chi connectivity index (χ0) is 19.1. The first-order chi connectivity index (χ1) is 13.7. The zero-order valence-corrected chi connectivity index (χ0v) is 16.7. The molecule has 0 amide bonds. The molecule has 0 spiro atoms. The van der Waals surface area contributed by atoms with E-state index in [0.29, 0.717) is 18.0 Å². The lowest BCUT2D eigenvalue weighted by atomic mass is 9.93. The number of pyridine rings is 1. The number of aromatic nitrogens is 3. The van der Waals surface area contributed by atoms with E-state index in [1.54, 1.807) is 10.7 Å². The summed E-state index contributed by atoms with van der Waals surface area (Å²) in [6.45, 7) is 2.28. The van der Waals surface area contributed by atoms with E-state index in [4.69, 9.17) is 4.98 Å². The van der Waals surface area contributed by atoms with E-state index in [9.17, 15) is 10.1 Å². The molecule has 144 valence electrons. The smallest absolute Gasteiger partial charge is 0.267 e. The van der Waals surface area contributed by atoms with E-state index in [2.05, 4.69) is 16.1 Å². The summed E-state index contributed by atoms with van der Waals surface area (Å²) in [5, 5.41) is 14.2. The number of thioether (sulfide) groups is 1. The molecule has 1 aliphatic carbocycles. The van der Waals surface area contributed by atoms with E-state index in [1.807, 2.05) is 17.8 Å². The molecule has 2 aliphatic heterocycles. The Hall–Kier alpha value is -2.33. The van der Waals surface area contributed by atoms with Crippen LogP contribution in [0.2, 0.25) is 0 Å². The van der Waals surface area contributed by atoms with Crippen LogP contribution in [0.15, 0.2) is 16.9 Å². The fraction of sp³-hybridized carbons (Fsp3) is 0.524. The minimum absolute atomic E-state index is 0.00400. The second-order valence-electron chi connectivity index (χ2n) is 7.99. The molecule has 2 aromatic rings. The minimum Gasteiger partial charge on any atom is -0.355 e. The summed E-state index contributed by atoms with van der Waals surface area (Å²) in [5.74, 6) is 3.17. The van der Waals surface area contributed by atoms with Crippen molar-refractivity contribution in [2.75, 3.05) is 23.7 Å². The Morgan fingerprint density at radius 1 is 1.14 bits per heavy atom. The third kappa shape index (κ3) is 3.20. The van der Waals surface area contributed by atoms with E-state index in [0.717, 1.165) is 66.6 Å². The first-order valence-corrected chi connectivity index (χ1v) is 11.2. The molecule has 3 aliphatic rings. The van der Waals surface area contributed by atoms with Gasteiger partial charge in [-0.05, 0) is 48.6 Å². The molecular formula is C21H23N5OS. The number of aryl methyl sites for hydroxylation is 3. The Labute approximate surface area is 168 Å². The van der Waals surface area contributed by atoms with Gasteiger partial charge in [0.05, 0.1) is 17.8 Å². The standard InChI is InChI=1S/C21H23N5OS/c22-9-16-7-15-3-1-2-4-18(15)23-21(16)25-10-14(11-25)12-26-20(27)8-17-13-28-6-5-19(17)24-26/h7-8,14H,1-6,10-13H2. The molecule has 0 aromatic carbocycles. The van der Waals surface area contributed by atoms with Gasteiger partial charge in [-0.25, -0.2) is 9.67 Å². The lowest BCUT2D eigenvalue weighted by Gasteiger charge is -2.41. The Morgan fingerprint density at radius 3 is 2.86 bits per heavy atom. The van der Waals surface area contributed by atoms with Gasteiger partial charge < -0.3 is 4.90 Å². The van der Waals surface area contributed by atoms with Crippen LogP contribution in [0.4, 0.5) is 5.82 Å². The van der Waals surface area contributed by atoms with Gasteiger partial charge in [0.1, 0.15) is 11.9 Å². The quantitative estimate of drug-likeness (QED) is 0.797. The maximum Gasteiger partial charge on any atom is 0.267 e. The molecule has 7 heteroatoms. The normalized spacial score (nSPS) is 18.8. The summed E-state index contributed by atoms with van der Waals surface area (Å²) >= 11 is 1.86. The predicted molar refractivity (Wildman–Crippen MR) is 110 cm³/mol. The molecule has 0 N–H and O–H groups in total. The Kier molecular flexibility index (Phi) is 4.59. The van der Waals surface area contributed by atoms with Gasteiger partial charge in [0, 0.05) is 42.9 Å². The topological polar surface area (TPSA) is 74.8 Å². The van der Waals surface area contributed by atoms with Gasteiger partial charge in [0.15, 0.2) is 0 Å². The molecule has 0 unspecified atom stereocenters. The summed E-state index contributed by atoms with van der Waals surface area (Å²) in [6.07, 6.45) is 5.36. The van der Waals surface area contributed by atoms with Crippen molar-refractivity contribution in [3.05, 3.63) is 50.6 Å². The third-order valence-corrected chi connectivity index (χ3v) is 7.00. The number of hydrogen-bond donors (Lipinski definition) is 0. The van der Waals surface area contributed by atoms with Crippen LogP contribution >= 0.6 is 11.8 Å². The van der Waals surface area contributed by atoms with E-state index < -0.39 is 0 Å². The first-order valence-electron chi connectivity index (χ1n) is 10.1. The molecule has 1 fully saturated rings. The van der Waals surface area contributed by atoms with Crippen LogP contribution in [0.25, 0.3) is 0 Å². The third-order valence-electron chi connectivity index (χ3n) is 5.99. The highest BCUT2D eigenvalue weighted by atomic mass is 32.2. The number of nitriles is 1. The molecule has 1 saturated heterocycles.